The molecular formula is C9H18BrN3OSi. The highest BCUT2D eigenvalue weighted by molar-refractivity contribution is 9.10. The third kappa shape index (κ3) is 4.81. The van der Waals surface area contributed by atoms with Crippen LogP contribution in [0.4, 0.5) is 5.82 Å². The predicted octanol–water partition coefficient (Wildman–Crippen LogP) is 2.54. The fourth-order valence-electron chi connectivity index (χ4n) is 1.01. The molecule has 0 spiro atoms. The lowest BCUT2D eigenvalue weighted by Crippen LogP contribution is -2.22. The number of ether oxygens (including phenoxy) is 1. The number of nitrogens with two attached hydrogens (primary N) is 1. The first kappa shape index (κ1) is 12.7. The number of rotatable bonds is 5. The molecule has 1 aromatic heterocycles. The Morgan fingerprint density at radius 2 is 2.20 bits per heavy atom. The summed E-state index contributed by atoms with van der Waals surface area (Å²) in [6, 6.07) is 1.17. The Morgan fingerprint density at radius 3 is 2.67 bits per heavy atom. The van der Waals surface area contributed by atoms with Crippen molar-refractivity contribution in [1.29, 1.82) is 0 Å². The SMILES string of the molecule is C[Si](C)(C)CCOCn1cc(Br)c(N)n1. The Kier molecular flexibility index (Phi) is 4.36. The Balaban J connectivity index is 2.26. The molecule has 0 bridgehead atoms. The zero-order chi connectivity index (χ0) is 11.5. The lowest BCUT2D eigenvalue weighted by Gasteiger charge is -2.15. The van der Waals surface area contributed by atoms with Gasteiger partial charge in [0.05, 0.1) is 4.47 Å². The third-order valence-electron chi connectivity index (χ3n) is 1.96. The minimum absolute atomic E-state index is 0.472. The first-order valence-corrected chi connectivity index (χ1v) is 9.45. The van der Waals surface area contributed by atoms with Gasteiger partial charge in [0.25, 0.3) is 0 Å². The van der Waals surface area contributed by atoms with E-state index in [9.17, 15) is 0 Å². The van der Waals surface area contributed by atoms with Crippen LogP contribution in [0.5, 0.6) is 0 Å². The van der Waals surface area contributed by atoms with Gasteiger partial charge in [-0.1, -0.05) is 19.6 Å². The van der Waals surface area contributed by atoms with Crippen LogP contribution in [0.3, 0.4) is 0 Å². The van der Waals surface area contributed by atoms with Crippen LogP contribution in [0.25, 0.3) is 0 Å². The maximum absolute atomic E-state index is 5.59. The Labute approximate surface area is 99.9 Å². The summed E-state index contributed by atoms with van der Waals surface area (Å²) in [6.07, 6.45) is 1.82. The van der Waals surface area contributed by atoms with E-state index in [0.29, 0.717) is 12.5 Å². The number of nitrogen functional groups attached to an aromatic ring is 1. The second-order valence-corrected chi connectivity index (χ2v) is 11.2. The van der Waals surface area contributed by atoms with Gasteiger partial charge in [-0.25, -0.2) is 4.68 Å². The fourth-order valence-corrected chi connectivity index (χ4v) is 2.09. The second-order valence-electron chi connectivity index (χ2n) is 4.75. The van der Waals surface area contributed by atoms with E-state index >= 15 is 0 Å². The molecule has 0 aliphatic rings. The first-order chi connectivity index (χ1) is 6.88. The highest BCUT2D eigenvalue weighted by Crippen LogP contribution is 2.16. The van der Waals surface area contributed by atoms with E-state index in [1.165, 1.54) is 6.04 Å². The van der Waals surface area contributed by atoms with Gasteiger partial charge in [0.2, 0.25) is 0 Å². The number of anilines is 1. The second kappa shape index (κ2) is 5.13. The molecule has 86 valence electrons. The number of hydrogen-bond donors (Lipinski definition) is 1. The van der Waals surface area contributed by atoms with E-state index in [0.717, 1.165) is 11.1 Å². The van der Waals surface area contributed by atoms with Gasteiger partial charge in [-0.3, -0.25) is 0 Å². The predicted molar refractivity (Wildman–Crippen MR) is 68.4 cm³/mol. The summed E-state index contributed by atoms with van der Waals surface area (Å²) < 4.78 is 8.04. The van der Waals surface area contributed by atoms with Gasteiger partial charge >= 0.3 is 0 Å². The fraction of sp³-hybridized carbons (Fsp3) is 0.667. The molecule has 0 aliphatic heterocycles. The summed E-state index contributed by atoms with van der Waals surface area (Å²) >= 11 is 3.30. The van der Waals surface area contributed by atoms with Crippen molar-refractivity contribution >= 4 is 29.8 Å². The zero-order valence-corrected chi connectivity index (χ0v) is 12.0. The van der Waals surface area contributed by atoms with Crippen LogP contribution >= 0.6 is 15.9 Å². The van der Waals surface area contributed by atoms with Crippen molar-refractivity contribution in [3.8, 4) is 0 Å². The summed E-state index contributed by atoms with van der Waals surface area (Å²) in [6.45, 7) is 8.27. The molecule has 0 aliphatic carbocycles. The highest BCUT2D eigenvalue weighted by Gasteiger charge is 2.12. The molecule has 0 aromatic carbocycles. The lowest BCUT2D eigenvalue weighted by atomic mass is 10.7. The molecule has 0 amide bonds. The van der Waals surface area contributed by atoms with E-state index in [4.69, 9.17) is 10.5 Å². The highest BCUT2D eigenvalue weighted by atomic mass is 79.9. The molecule has 2 N–H and O–H groups in total. The molecule has 0 saturated carbocycles. The summed E-state index contributed by atoms with van der Waals surface area (Å²) in [5.41, 5.74) is 5.59. The van der Waals surface area contributed by atoms with Crippen LogP contribution < -0.4 is 5.73 Å². The summed E-state index contributed by atoms with van der Waals surface area (Å²) in [7, 11) is -0.990. The average molecular weight is 292 g/mol. The first-order valence-electron chi connectivity index (χ1n) is 4.95. The third-order valence-corrected chi connectivity index (χ3v) is 4.28. The lowest BCUT2D eigenvalue weighted by molar-refractivity contribution is 0.0787. The van der Waals surface area contributed by atoms with Crippen LogP contribution in [0, 0.1) is 0 Å². The van der Waals surface area contributed by atoms with E-state index in [2.05, 4.69) is 40.7 Å². The van der Waals surface area contributed by atoms with E-state index in [1.807, 2.05) is 6.20 Å². The van der Waals surface area contributed by atoms with Crippen LogP contribution in [-0.4, -0.2) is 24.5 Å². The maximum Gasteiger partial charge on any atom is 0.159 e. The van der Waals surface area contributed by atoms with Crippen molar-refractivity contribution in [1.82, 2.24) is 9.78 Å². The van der Waals surface area contributed by atoms with Crippen molar-refractivity contribution in [3.63, 3.8) is 0 Å². The molecule has 15 heavy (non-hydrogen) atoms. The number of hydrogen-bond acceptors (Lipinski definition) is 3. The van der Waals surface area contributed by atoms with Crippen LogP contribution in [0.2, 0.25) is 25.7 Å². The van der Waals surface area contributed by atoms with Crippen LogP contribution in [0.15, 0.2) is 10.7 Å². The molecule has 6 heteroatoms. The van der Waals surface area contributed by atoms with Gasteiger partial charge in [-0.15, -0.1) is 0 Å². The summed E-state index contributed by atoms with van der Waals surface area (Å²) in [5, 5.41) is 4.08. The van der Waals surface area contributed by atoms with Gasteiger partial charge in [0.1, 0.15) is 6.73 Å². The largest absolute Gasteiger partial charge is 0.381 e. The monoisotopic (exact) mass is 291 g/mol. The topological polar surface area (TPSA) is 53.1 Å². The molecule has 1 heterocycles. The van der Waals surface area contributed by atoms with Crippen LogP contribution in [-0.2, 0) is 11.5 Å². The maximum atomic E-state index is 5.59. The van der Waals surface area contributed by atoms with Crippen molar-refractivity contribution in [3.05, 3.63) is 10.7 Å². The Bertz CT molecular complexity index is 302. The minimum Gasteiger partial charge on any atom is -0.381 e. The molecule has 0 saturated heterocycles. The molecule has 1 rings (SSSR count). The van der Waals surface area contributed by atoms with Gasteiger partial charge in [-0.2, -0.15) is 5.10 Å². The summed E-state index contributed by atoms with van der Waals surface area (Å²) in [4.78, 5) is 0. The van der Waals surface area contributed by atoms with Gasteiger partial charge in [0.15, 0.2) is 5.82 Å². The van der Waals surface area contributed by atoms with Crippen molar-refractivity contribution in [2.45, 2.75) is 32.4 Å². The zero-order valence-electron chi connectivity index (χ0n) is 9.46. The van der Waals surface area contributed by atoms with Crippen molar-refractivity contribution in [2.75, 3.05) is 12.3 Å². The molecule has 0 fully saturated rings. The van der Waals surface area contributed by atoms with Crippen molar-refractivity contribution < 1.29 is 4.74 Å². The smallest absolute Gasteiger partial charge is 0.159 e. The quantitative estimate of drug-likeness (QED) is 0.670. The molecular weight excluding hydrogens is 274 g/mol. The minimum atomic E-state index is -0.990. The molecule has 0 radical (unpaired) electrons. The van der Waals surface area contributed by atoms with E-state index in [-0.39, 0.29) is 0 Å². The van der Waals surface area contributed by atoms with E-state index < -0.39 is 8.07 Å². The van der Waals surface area contributed by atoms with E-state index in [1.54, 1.807) is 4.68 Å². The normalized spacial score (nSPS) is 12.0. The van der Waals surface area contributed by atoms with Gasteiger partial charge < -0.3 is 10.5 Å². The standard InChI is InChI=1S/C9H18BrN3OSi/c1-15(2,3)5-4-14-7-13-6-8(10)9(11)12-13/h6H,4-5,7H2,1-3H3,(H2,11,12). The number of nitrogens with zero attached hydrogens (tertiary/aromatic N) is 2. The van der Waals surface area contributed by atoms with Gasteiger partial charge in [0, 0.05) is 20.9 Å². The number of aromatic nitrogens is 2. The average Bonchev–Trinajstić information content (AvgIpc) is 2.39. The van der Waals surface area contributed by atoms with Crippen LogP contribution in [0.1, 0.15) is 0 Å². The summed E-state index contributed by atoms with van der Waals surface area (Å²) in [5.74, 6) is 0.504. The van der Waals surface area contributed by atoms with Gasteiger partial charge in [-0.05, 0) is 22.0 Å². The molecule has 0 atom stereocenters. The molecule has 4 nitrogen and oxygen atoms in total. The molecule has 1 aromatic rings. The Hall–Kier alpha value is -0.333. The van der Waals surface area contributed by atoms with Crippen molar-refractivity contribution in [2.24, 2.45) is 0 Å². The number of halogens is 1. The molecule has 0 unspecified atom stereocenters. The Morgan fingerprint density at radius 1 is 1.53 bits per heavy atom.